The fraction of sp³-hybridized carbons (Fsp3) is 0.364. The number of nitrogens with zero attached hydrogens (tertiary/aromatic N) is 3. The van der Waals surface area contributed by atoms with Crippen molar-refractivity contribution in [3.8, 4) is 0 Å². The molecule has 0 aromatic carbocycles. The summed E-state index contributed by atoms with van der Waals surface area (Å²) in [6.07, 6.45) is 3.13. The number of aromatic nitrogens is 3. The summed E-state index contributed by atoms with van der Waals surface area (Å²) in [5.41, 5.74) is 1.20. The summed E-state index contributed by atoms with van der Waals surface area (Å²) < 4.78 is 6.77. The lowest BCUT2D eigenvalue weighted by Crippen LogP contribution is -2.22. The number of hydrogen-bond donors (Lipinski definition) is 0. The summed E-state index contributed by atoms with van der Waals surface area (Å²) in [5, 5.41) is 0.847. The van der Waals surface area contributed by atoms with Gasteiger partial charge in [-0.1, -0.05) is 0 Å². The first-order valence-corrected chi connectivity index (χ1v) is 5.10. The molecule has 2 aromatic rings. The fourth-order valence-electron chi connectivity index (χ4n) is 1.59. The van der Waals surface area contributed by atoms with Crippen LogP contribution in [0.5, 0.6) is 0 Å². The van der Waals surface area contributed by atoms with Gasteiger partial charge in [0.1, 0.15) is 12.0 Å². The SMILES string of the molecule is CCOCc1cc2cncnc2n(C)c1=O. The fourth-order valence-corrected chi connectivity index (χ4v) is 1.59. The number of rotatable bonds is 3. The second kappa shape index (κ2) is 4.40. The number of pyridine rings is 1. The van der Waals surface area contributed by atoms with Crippen molar-refractivity contribution in [3.05, 3.63) is 34.5 Å². The van der Waals surface area contributed by atoms with E-state index in [0.717, 1.165) is 5.39 Å². The van der Waals surface area contributed by atoms with Gasteiger partial charge in [-0.15, -0.1) is 0 Å². The lowest BCUT2D eigenvalue weighted by atomic mass is 10.2. The van der Waals surface area contributed by atoms with Crippen LogP contribution < -0.4 is 5.56 Å². The topological polar surface area (TPSA) is 57.0 Å². The lowest BCUT2D eigenvalue weighted by Gasteiger charge is -2.07. The molecule has 0 saturated heterocycles. The zero-order valence-electron chi connectivity index (χ0n) is 9.30. The Morgan fingerprint density at radius 2 is 2.31 bits per heavy atom. The van der Waals surface area contributed by atoms with Crippen LogP contribution in [0.1, 0.15) is 12.5 Å². The van der Waals surface area contributed by atoms with Gasteiger partial charge in [0.25, 0.3) is 5.56 Å². The first kappa shape index (κ1) is 10.8. The van der Waals surface area contributed by atoms with Gasteiger partial charge in [-0.05, 0) is 13.0 Å². The maximum atomic E-state index is 11.9. The van der Waals surface area contributed by atoms with Crippen LogP contribution in [0.3, 0.4) is 0 Å². The standard InChI is InChI=1S/C11H13N3O2/c1-3-16-6-9-4-8-5-12-7-13-10(8)14(2)11(9)15/h4-5,7H,3,6H2,1-2H3. The third-order valence-corrected chi connectivity index (χ3v) is 2.41. The molecule has 84 valence electrons. The van der Waals surface area contributed by atoms with Gasteiger partial charge in [0.2, 0.25) is 0 Å². The quantitative estimate of drug-likeness (QED) is 0.768. The molecule has 0 spiro atoms. The molecule has 5 nitrogen and oxygen atoms in total. The van der Waals surface area contributed by atoms with E-state index in [2.05, 4.69) is 9.97 Å². The first-order valence-electron chi connectivity index (χ1n) is 5.10. The Bertz CT molecular complexity index is 563. The van der Waals surface area contributed by atoms with Gasteiger partial charge in [-0.2, -0.15) is 0 Å². The Kier molecular flexibility index (Phi) is 2.96. The van der Waals surface area contributed by atoms with Gasteiger partial charge < -0.3 is 4.74 Å². The number of hydrogen-bond acceptors (Lipinski definition) is 4. The minimum atomic E-state index is -0.0698. The molecule has 5 heteroatoms. The molecule has 2 aromatic heterocycles. The van der Waals surface area contributed by atoms with E-state index in [4.69, 9.17) is 4.74 Å². The molecule has 2 rings (SSSR count). The zero-order chi connectivity index (χ0) is 11.5. The van der Waals surface area contributed by atoms with Crippen molar-refractivity contribution >= 4 is 11.0 Å². The molecule has 0 aliphatic heterocycles. The summed E-state index contributed by atoms with van der Waals surface area (Å²) in [6.45, 7) is 2.81. The summed E-state index contributed by atoms with van der Waals surface area (Å²) in [4.78, 5) is 19.9. The monoisotopic (exact) mass is 219 g/mol. The van der Waals surface area contributed by atoms with Gasteiger partial charge >= 0.3 is 0 Å². The predicted molar refractivity (Wildman–Crippen MR) is 60.1 cm³/mol. The maximum Gasteiger partial charge on any atom is 0.257 e. The number of aryl methyl sites for hydroxylation is 1. The van der Waals surface area contributed by atoms with Crippen LogP contribution in [0.25, 0.3) is 11.0 Å². The van der Waals surface area contributed by atoms with Crippen molar-refractivity contribution in [2.75, 3.05) is 6.61 Å². The Labute approximate surface area is 92.7 Å². The van der Waals surface area contributed by atoms with Gasteiger partial charge in [0.15, 0.2) is 0 Å². The summed E-state index contributed by atoms with van der Waals surface area (Å²) >= 11 is 0. The van der Waals surface area contributed by atoms with E-state index >= 15 is 0 Å². The molecular formula is C11H13N3O2. The molecule has 0 aliphatic rings. The smallest absolute Gasteiger partial charge is 0.257 e. The Hall–Kier alpha value is -1.75. The van der Waals surface area contributed by atoms with Crippen LogP contribution in [-0.4, -0.2) is 21.1 Å². The predicted octanol–water partition coefficient (Wildman–Crippen LogP) is 0.865. The van der Waals surface area contributed by atoms with Gasteiger partial charge in [0.05, 0.1) is 6.61 Å². The highest BCUT2D eigenvalue weighted by Crippen LogP contribution is 2.08. The molecule has 0 saturated carbocycles. The molecular weight excluding hydrogens is 206 g/mol. The van der Waals surface area contributed by atoms with E-state index in [1.54, 1.807) is 19.3 Å². The first-order chi connectivity index (χ1) is 7.74. The van der Waals surface area contributed by atoms with Crippen molar-refractivity contribution in [1.82, 2.24) is 14.5 Å². The van der Waals surface area contributed by atoms with Crippen LogP contribution in [0.2, 0.25) is 0 Å². The van der Waals surface area contributed by atoms with Crippen molar-refractivity contribution < 1.29 is 4.74 Å². The van der Waals surface area contributed by atoms with Crippen LogP contribution in [0, 0.1) is 0 Å². The van der Waals surface area contributed by atoms with Gasteiger partial charge in [0, 0.05) is 30.8 Å². The second-order valence-corrected chi connectivity index (χ2v) is 3.47. The Balaban J connectivity index is 2.60. The molecule has 0 amide bonds. The largest absolute Gasteiger partial charge is 0.377 e. The van der Waals surface area contributed by atoms with Crippen LogP contribution >= 0.6 is 0 Å². The van der Waals surface area contributed by atoms with Gasteiger partial charge in [-0.25, -0.2) is 9.97 Å². The van der Waals surface area contributed by atoms with E-state index in [1.165, 1.54) is 10.9 Å². The van der Waals surface area contributed by atoms with Crippen molar-refractivity contribution in [3.63, 3.8) is 0 Å². The molecule has 0 radical (unpaired) electrons. The highest BCUT2D eigenvalue weighted by molar-refractivity contribution is 5.74. The lowest BCUT2D eigenvalue weighted by molar-refractivity contribution is 0.133. The van der Waals surface area contributed by atoms with E-state index < -0.39 is 0 Å². The number of fused-ring (bicyclic) bond motifs is 1. The summed E-state index contributed by atoms with van der Waals surface area (Å²) in [7, 11) is 1.70. The molecule has 0 fully saturated rings. The molecule has 0 atom stereocenters. The van der Waals surface area contributed by atoms with Crippen LogP contribution in [0.15, 0.2) is 23.4 Å². The number of ether oxygens (including phenoxy) is 1. The zero-order valence-corrected chi connectivity index (χ0v) is 9.30. The normalized spacial score (nSPS) is 10.9. The third kappa shape index (κ3) is 1.81. The third-order valence-electron chi connectivity index (χ3n) is 2.41. The van der Waals surface area contributed by atoms with Gasteiger partial charge in [-0.3, -0.25) is 9.36 Å². The van der Waals surface area contributed by atoms with Crippen molar-refractivity contribution in [2.24, 2.45) is 7.05 Å². The molecule has 2 heterocycles. The molecule has 0 unspecified atom stereocenters. The Morgan fingerprint density at radius 3 is 3.06 bits per heavy atom. The molecule has 0 aliphatic carbocycles. The highest BCUT2D eigenvalue weighted by atomic mass is 16.5. The van der Waals surface area contributed by atoms with E-state index in [-0.39, 0.29) is 5.56 Å². The maximum absolute atomic E-state index is 11.9. The second-order valence-electron chi connectivity index (χ2n) is 3.47. The molecule has 0 bridgehead atoms. The van der Waals surface area contributed by atoms with Crippen molar-refractivity contribution in [2.45, 2.75) is 13.5 Å². The highest BCUT2D eigenvalue weighted by Gasteiger charge is 2.07. The minimum absolute atomic E-state index is 0.0698. The average molecular weight is 219 g/mol. The molecule has 0 N–H and O–H groups in total. The van der Waals surface area contributed by atoms with E-state index in [0.29, 0.717) is 24.4 Å². The summed E-state index contributed by atoms with van der Waals surface area (Å²) in [6, 6.07) is 1.79. The van der Waals surface area contributed by atoms with Crippen molar-refractivity contribution in [1.29, 1.82) is 0 Å². The average Bonchev–Trinajstić information content (AvgIpc) is 2.32. The minimum Gasteiger partial charge on any atom is -0.377 e. The van der Waals surface area contributed by atoms with E-state index in [9.17, 15) is 4.79 Å². The molecule has 16 heavy (non-hydrogen) atoms. The van der Waals surface area contributed by atoms with E-state index in [1.807, 2.05) is 6.92 Å². The summed E-state index contributed by atoms with van der Waals surface area (Å²) in [5.74, 6) is 0. The Morgan fingerprint density at radius 1 is 1.50 bits per heavy atom. The van der Waals surface area contributed by atoms with Crippen LogP contribution in [0.4, 0.5) is 0 Å². The van der Waals surface area contributed by atoms with Crippen LogP contribution in [-0.2, 0) is 18.4 Å².